The second-order valence-corrected chi connectivity index (χ2v) is 4.61. The van der Waals surface area contributed by atoms with Crippen LogP contribution in [0.15, 0.2) is 11.4 Å². The molecule has 74 valence electrons. The van der Waals surface area contributed by atoms with Crippen LogP contribution in [0.3, 0.4) is 0 Å². The van der Waals surface area contributed by atoms with E-state index in [2.05, 4.69) is 44.5 Å². The summed E-state index contributed by atoms with van der Waals surface area (Å²) in [6.45, 7) is 8.87. The summed E-state index contributed by atoms with van der Waals surface area (Å²) in [6, 6.07) is 3.29. The molecule has 2 atom stereocenters. The van der Waals surface area contributed by atoms with Crippen molar-refractivity contribution in [3.63, 3.8) is 0 Å². The van der Waals surface area contributed by atoms with Gasteiger partial charge in [0.25, 0.3) is 0 Å². The summed E-state index contributed by atoms with van der Waals surface area (Å²) in [7, 11) is 0. The van der Waals surface area contributed by atoms with E-state index in [9.17, 15) is 0 Å². The standard InChI is InChI=1S/C11H19NS/c1-5-9(3)12-10(4)11-8(2)6-7-13-11/h6-7,9-10,12H,5H2,1-4H3/t9-,10+/m1/s1. The van der Waals surface area contributed by atoms with Crippen LogP contribution in [0.4, 0.5) is 0 Å². The molecule has 1 heterocycles. The van der Waals surface area contributed by atoms with E-state index >= 15 is 0 Å². The van der Waals surface area contributed by atoms with Gasteiger partial charge in [-0.05, 0) is 44.2 Å². The number of hydrogen-bond donors (Lipinski definition) is 1. The van der Waals surface area contributed by atoms with Gasteiger partial charge < -0.3 is 5.32 Å². The van der Waals surface area contributed by atoms with Gasteiger partial charge in [0, 0.05) is 17.0 Å². The zero-order valence-corrected chi connectivity index (χ0v) is 9.74. The van der Waals surface area contributed by atoms with Gasteiger partial charge in [0.2, 0.25) is 0 Å². The van der Waals surface area contributed by atoms with Gasteiger partial charge in [0.15, 0.2) is 0 Å². The fourth-order valence-corrected chi connectivity index (χ4v) is 2.39. The Hall–Kier alpha value is -0.340. The third-order valence-electron chi connectivity index (χ3n) is 2.44. The first-order valence-electron chi connectivity index (χ1n) is 4.95. The SMILES string of the molecule is CC[C@@H](C)N[C@@H](C)c1sccc1C. The highest BCUT2D eigenvalue weighted by Crippen LogP contribution is 2.23. The molecule has 13 heavy (non-hydrogen) atoms. The average molecular weight is 197 g/mol. The quantitative estimate of drug-likeness (QED) is 0.779. The lowest BCUT2D eigenvalue weighted by molar-refractivity contribution is 0.473. The minimum atomic E-state index is 0.495. The Kier molecular flexibility index (Phi) is 3.94. The molecule has 0 aromatic carbocycles. The van der Waals surface area contributed by atoms with E-state index in [4.69, 9.17) is 0 Å². The topological polar surface area (TPSA) is 12.0 Å². The number of aryl methyl sites for hydroxylation is 1. The van der Waals surface area contributed by atoms with Gasteiger partial charge >= 0.3 is 0 Å². The Bertz CT molecular complexity index is 254. The molecule has 1 aromatic rings. The van der Waals surface area contributed by atoms with E-state index in [0.29, 0.717) is 12.1 Å². The first-order valence-corrected chi connectivity index (χ1v) is 5.83. The Morgan fingerprint density at radius 2 is 2.15 bits per heavy atom. The molecule has 2 heteroatoms. The Morgan fingerprint density at radius 3 is 2.62 bits per heavy atom. The van der Waals surface area contributed by atoms with E-state index in [0.717, 1.165) is 0 Å². The molecule has 0 saturated heterocycles. The predicted octanol–water partition coefficient (Wildman–Crippen LogP) is 3.51. The summed E-state index contributed by atoms with van der Waals surface area (Å²) >= 11 is 1.85. The lowest BCUT2D eigenvalue weighted by Gasteiger charge is -2.18. The Labute approximate surface area is 85.2 Å². The van der Waals surface area contributed by atoms with Crippen LogP contribution in [-0.2, 0) is 0 Å². The third-order valence-corrected chi connectivity index (χ3v) is 3.64. The highest BCUT2D eigenvalue weighted by atomic mass is 32.1. The Morgan fingerprint density at radius 1 is 1.46 bits per heavy atom. The van der Waals surface area contributed by atoms with E-state index in [1.807, 2.05) is 11.3 Å². The van der Waals surface area contributed by atoms with Crippen LogP contribution >= 0.6 is 11.3 Å². The average Bonchev–Trinajstić information content (AvgIpc) is 2.51. The van der Waals surface area contributed by atoms with Gasteiger partial charge in [-0.25, -0.2) is 0 Å². The van der Waals surface area contributed by atoms with Crippen LogP contribution in [0, 0.1) is 6.92 Å². The minimum absolute atomic E-state index is 0.495. The van der Waals surface area contributed by atoms with Gasteiger partial charge in [0.05, 0.1) is 0 Å². The van der Waals surface area contributed by atoms with Gasteiger partial charge in [-0.2, -0.15) is 0 Å². The molecule has 0 amide bonds. The van der Waals surface area contributed by atoms with Crippen molar-refractivity contribution in [2.24, 2.45) is 0 Å². The molecule has 1 aromatic heterocycles. The first-order chi connectivity index (χ1) is 6.15. The highest BCUT2D eigenvalue weighted by Gasteiger charge is 2.10. The normalized spacial score (nSPS) is 15.7. The monoisotopic (exact) mass is 197 g/mol. The molecule has 0 aliphatic carbocycles. The van der Waals surface area contributed by atoms with Crippen molar-refractivity contribution in [3.8, 4) is 0 Å². The van der Waals surface area contributed by atoms with Crippen molar-refractivity contribution < 1.29 is 0 Å². The van der Waals surface area contributed by atoms with Crippen LogP contribution in [0.1, 0.15) is 43.7 Å². The second kappa shape index (κ2) is 4.77. The Balaban J connectivity index is 2.58. The molecule has 1 rings (SSSR count). The number of nitrogens with one attached hydrogen (secondary N) is 1. The summed E-state index contributed by atoms with van der Waals surface area (Å²) in [6.07, 6.45) is 1.19. The molecule has 0 unspecified atom stereocenters. The molecule has 0 saturated carbocycles. The molecule has 0 bridgehead atoms. The molecule has 1 N–H and O–H groups in total. The van der Waals surface area contributed by atoms with E-state index < -0.39 is 0 Å². The molecular weight excluding hydrogens is 178 g/mol. The van der Waals surface area contributed by atoms with Gasteiger partial charge in [0.1, 0.15) is 0 Å². The number of hydrogen-bond acceptors (Lipinski definition) is 2. The lowest BCUT2D eigenvalue weighted by Crippen LogP contribution is -2.27. The van der Waals surface area contributed by atoms with Crippen LogP contribution in [0.5, 0.6) is 0 Å². The van der Waals surface area contributed by atoms with Crippen LogP contribution in [-0.4, -0.2) is 6.04 Å². The van der Waals surface area contributed by atoms with Crippen molar-refractivity contribution in [2.75, 3.05) is 0 Å². The van der Waals surface area contributed by atoms with Crippen LogP contribution in [0.2, 0.25) is 0 Å². The minimum Gasteiger partial charge on any atom is -0.307 e. The first kappa shape index (κ1) is 10.7. The number of rotatable bonds is 4. The highest BCUT2D eigenvalue weighted by molar-refractivity contribution is 7.10. The predicted molar refractivity (Wildman–Crippen MR) is 60.4 cm³/mol. The van der Waals surface area contributed by atoms with Crippen molar-refractivity contribution >= 4 is 11.3 Å². The lowest BCUT2D eigenvalue weighted by atomic mass is 10.1. The second-order valence-electron chi connectivity index (χ2n) is 3.67. The molecule has 0 aliphatic rings. The maximum absolute atomic E-state index is 3.58. The fraction of sp³-hybridized carbons (Fsp3) is 0.636. The molecule has 0 fully saturated rings. The van der Waals surface area contributed by atoms with Crippen LogP contribution < -0.4 is 5.32 Å². The van der Waals surface area contributed by atoms with Gasteiger partial charge in [-0.3, -0.25) is 0 Å². The van der Waals surface area contributed by atoms with Gasteiger partial charge in [-0.1, -0.05) is 6.92 Å². The van der Waals surface area contributed by atoms with Crippen LogP contribution in [0.25, 0.3) is 0 Å². The molecule has 0 aliphatic heterocycles. The smallest absolute Gasteiger partial charge is 0.0390 e. The molecular formula is C11H19NS. The van der Waals surface area contributed by atoms with E-state index in [-0.39, 0.29) is 0 Å². The molecule has 1 nitrogen and oxygen atoms in total. The van der Waals surface area contributed by atoms with Gasteiger partial charge in [-0.15, -0.1) is 11.3 Å². The van der Waals surface area contributed by atoms with E-state index in [1.165, 1.54) is 16.9 Å². The van der Waals surface area contributed by atoms with Crippen molar-refractivity contribution in [1.29, 1.82) is 0 Å². The summed E-state index contributed by atoms with van der Waals surface area (Å²) < 4.78 is 0. The summed E-state index contributed by atoms with van der Waals surface area (Å²) in [5.74, 6) is 0. The zero-order chi connectivity index (χ0) is 9.84. The van der Waals surface area contributed by atoms with Crippen molar-refractivity contribution in [1.82, 2.24) is 5.32 Å². The maximum atomic E-state index is 3.58. The largest absolute Gasteiger partial charge is 0.307 e. The van der Waals surface area contributed by atoms with Crippen molar-refractivity contribution in [3.05, 3.63) is 21.9 Å². The number of thiophene rings is 1. The summed E-state index contributed by atoms with van der Waals surface area (Å²) in [5, 5.41) is 5.75. The van der Waals surface area contributed by atoms with E-state index in [1.54, 1.807) is 0 Å². The molecule has 0 radical (unpaired) electrons. The summed E-state index contributed by atoms with van der Waals surface area (Å²) in [5.41, 5.74) is 1.41. The van der Waals surface area contributed by atoms with Crippen molar-refractivity contribution in [2.45, 2.75) is 46.2 Å². The zero-order valence-electron chi connectivity index (χ0n) is 8.92. The third kappa shape index (κ3) is 2.82. The maximum Gasteiger partial charge on any atom is 0.0390 e. The summed E-state index contributed by atoms with van der Waals surface area (Å²) in [4.78, 5) is 1.47. The fourth-order valence-electron chi connectivity index (χ4n) is 1.45. The molecule has 0 spiro atoms.